The van der Waals surface area contributed by atoms with Crippen molar-refractivity contribution in [1.82, 2.24) is 39.4 Å². The number of anilines is 2. The third-order valence-electron chi connectivity index (χ3n) is 9.77. The van der Waals surface area contributed by atoms with Crippen molar-refractivity contribution in [1.29, 1.82) is 0 Å². The zero-order valence-corrected chi connectivity index (χ0v) is 29.0. The molecule has 53 heavy (non-hydrogen) atoms. The van der Waals surface area contributed by atoms with Gasteiger partial charge in [-0.1, -0.05) is 0 Å². The summed E-state index contributed by atoms with van der Waals surface area (Å²) in [7, 11) is 0. The highest BCUT2D eigenvalue weighted by Gasteiger charge is 2.17. The van der Waals surface area contributed by atoms with Crippen molar-refractivity contribution in [2.24, 2.45) is 0 Å². The maximum atomic E-state index is 12.6. The van der Waals surface area contributed by atoms with Crippen molar-refractivity contribution >= 4 is 44.6 Å². The topological polar surface area (TPSA) is 151 Å². The van der Waals surface area contributed by atoms with E-state index in [1.807, 2.05) is 70.7 Å². The van der Waals surface area contributed by atoms with E-state index in [1.165, 1.54) is 0 Å². The third kappa shape index (κ3) is 6.38. The van der Waals surface area contributed by atoms with Crippen molar-refractivity contribution in [2.75, 3.05) is 62.2 Å². The molecule has 8 heterocycles. The first kappa shape index (κ1) is 32.5. The molecule has 0 radical (unpaired) electrons. The molecule has 14 heteroatoms. The summed E-state index contributed by atoms with van der Waals surface area (Å²) in [5.41, 5.74) is 6.92. The van der Waals surface area contributed by atoms with Crippen LogP contribution in [0.2, 0.25) is 0 Å². The third-order valence-corrected chi connectivity index (χ3v) is 9.77. The molecule has 0 aliphatic carbocycles. The fourth-order valence-corrected chi connectivity index (χ4v) is 6.95. The summed E-state index contributed by atoms with van der Waals surface area (Å²) in [5, 5.41) is 8.45. The minimum Gasteiger partial charge on any atom is -0.422 e. The zero-order valence-electron chi connectivity index (χ0n) is 29.0. The van der Waals surface area contributed by atoms with E-state index in [0.717, 1.165) is 85.8 Å². The number of piperazine rings is 2. The summed E-state index contributed by atoms with van der Waals surface area (Å²) in [6.45, 7) is 9.53. The van der Waals surface area contributed by atoms with Crippen molar-refractivity contribution in [2.45, 2.75) is 6.92 Å². The van der Waals surface area contributed by atoms with Crippen LogP contribution in [0.5, 0.6) is 0 Å². The van der Waals surface area contributed by atoms with Crippen LogP contribution in [0.15, 0.2) is 110 Å². The molecule has 0 saturated carbocycles. The van der Waals surface area contributed by atoms with Gasteiger partial charge in [-0.3, -0.25) is 9.97 Å². The van der Waals surface area contributed by atoms with Crippen LogP contribution in [0.3, 0.4) is 0 Å². The molecule has 0 unspecified atom stereocenters. The molecular weight excluding hydrogens is 672 g/mol. The van der Waals surface area contributed by atoms with Gasteiger partial charge in [-0.2, -0.15) is 0 Å². The smallest absolute Gasteiger partial charge is 0.345 e. The monoisotopic (exact) mass is 708 g/mol. The van der Waals surface area contributed by atoms with Crippen molar-refractivity contribution in [3.05, 3.63) is 118 Å². The van der Waals surface area contributed by atoms with Gasteiger partial charge in [-0.15, -0.1) is 0 Å². The van der Waals surface area contributed by atoms with Crippen LogP contribution in [-0.2, 0) is 0 Å². The number of aromatic nitrogens is 6. The fourth-order valence-electron chi connectivity index (χ4n) is 6.95. The normalized spacial score (nSPS) is 15.0. The van der Waals surface area contributed by atoms with Gasteiger partial charge in [0, 0.05) is 124 Å². The molecule has 14 nitrogen and oxygen atoms in total. The number of hydrogen-bond acceptors (Lipinski definition) is 12. The van der Waals surface area contributed by atoms with E-state index in [1.54, 1.807) is 24.8 Å². The molecular formula is C39H36N10O4. The molecule has 2 fully saturated rings. The Morgan fingerprint density at radius 2 is 1.21 bits per heavy atom. The first-order valence-electron chi connectivity index (χ1n) is 17.6. The van der Waals surface area contributed by atoms with E-state index in [2.05, 4.69) is 52.5 Å². The Bertz CT molecular complexity index is 2710. The lowest BCUT2D eigenvalue weighted by molar-refractivity contribution is 0.561. The molecule has 6 aromatic heterocycles. The molecule has 2 aliphatic rings. The van der Waals surface area contributed by atoms with Gasteiger partial charge in [0.25, 0.3) is 0 Å². The fraction of sp³-hybridized carbons (Fsp3) is 0.231. The van der Waals surface area contributed by atoms with Gasteiger partial charge in [0.1, 0.15) is 11.2 Å². The quantitative estimate of drug-likeness (QED) is 0.253. The second kappa shape index (κ2) is 13.6. The van der Waals surface area contributed by atoms with Gasteiger partial charge in [0.05, 0.1) is 34.4 Å². The Morgan fingerprint density at radius 3 is 1.77 bits per heavy atom. The van der Waals surface area contributed by atoms with Gasteiger partial charge in [-0.25, -0.2) is 19.6 Å². The summed E-state index contributed by atoms with van der Waals surface area (Å²) in [4.78, 5) is 47.1. The number of aryl methyl sites for hydroxylation is 1. The highest BCUT2D eigenvalue weighted by Crippen LogP contribution is 2.27. The second-order valence-electron chi connectivity index (χ2n) is 13.2. The van der Waals surface area contributed by atoms with Crippen LogP contribution in [-0.4, -0.2) is 81.1 Å². The van der Waals surface area contributed by atoms with Gasteiger partial charge in [0.15, 0.2) is 11.3 Å². The lowest BCUT2D eigenvalue weighted by Gasteiger charge is -2.29. The van der Waals surface area contributed by atoms with E-state index >= 15 is 0 Å². The van der Waals surface area contributed by atoms with E-state index in [0.29, 0.717) is 39.3 Å². The van der Waals surface area contributed by atoms with E-state index in [4.69, 9.17) is 8.83 Å². The number of rotatable bonds is 4. The Balaban J connectivity index is 0.000000141. The van der Waals surface area contributed by atoms with Crippen LogP contribution in [0.4, 0.5) is 11.4 Å². The van der Waals surface area contributed by atoms with Gasteiger partial charge < -0.3 is 38.1 Å². The Morgan fingerprint density at radius 1 is 0.660 bits per heavy atom. The Labute approximate surface area is 302 Å². The van der Waals surface area contributed by atoms with E-state index < -0.39 is 0 Å². The van der Waals surface area contributed by atoms with Gasteiger partial charge in [-0.05, 0) is 43.3 Å². The number of benzene rings is 2. The molecule has 8 aromatic rings. The number of imidazole rings is 2. The second-order valence-corrected chi connectivity index (χ2v) is 13.2. The van der Waals surface area contributed by atoms with Crippen LogP contribution in [0.1, 0.15) is 5.69 Å². The minimum atomic E-state index is -0.383. The molecule has 0 atom stereocenters. The molecule has 0 amide bonds. The first-order chi connectivity index (χ1) is 26.0. The number of nitrogens with one attached hydrogen (secondary N) is 2. The number of nitrogens with zero attached hydrogens (tertiary/aromatic N) is 8. The van der Waals surface area contributed by atoms with Gasteiger partial charge in [0.2, 0.25) is 0 Å². The SMILES string of the molecule is Cc1nccn2cc(-c3cc4ccc(N5CCNCC5)cc4oc3=O)nc12.O=c1oc2cc(N3CCNCC3)ccc2cc1-c1cn2ccncc2n1. The predicted molar refractivity (Wildman–Crippen MR) is 204 cm³/mol. The van der Waals surface area contributed by atoms with Crippen LogP contribution < -0.4 is 31.7 Å². The molecule has 2 aromatic carbocycles. The summed E-state index contributed by atoms with van der Waals surface area (Å²) < 4.78 is 15.0. The maximum absolute atomic E-state index is 12.6. The molecule has 266 valence electrons. The summed E-state index contributed by atoms with van der Waals surface area (Å²) in [5.74, 6) is 0. The predicted octanol–water partition coefficient (Wildman–Crippen LogP) is 4.13. The van der Waals surface area contributed by atoms with E-state index in [9.17, 15) is 9.59 Å². The van der Waals surface area contributed by atoms with Crippen molar-refractivity contribution < 1.29 is 8.83 Å². The van der Waals surface area contributed by atoms with Crippen LogP contribution in [0.25, 0.3) is 55.7 Å². The Kier molecular flexibility index (Phi) is 8.37. The molecule has 0 bridgehead atoms. The average Bonchev–Trinajstić information content (AvgIpc) is 3.84. The van der Waals surface area contributed by atoms with Crippen LogP contribution in [0, 0.1) is 6.92 Å². The zero-order chi connectivity index (χ0) is 35.9. The average molecular weight is 709 g/mol. The largest absolute Gasteiger partial charge is 0.422 e. The van der Waals surface area contributed by atoms with Crippen LogP contribution >= 0.6 is 0 Å². The lowest BCUT2D eigenvalue weighted by atomic mass is 10.1. The summed E-state index contributed by atoms with van der Waals surface area (Å²) in [6.07, 6.45) is 12.3. The van der Waals surface area contributed by atoms with Gasteiger partial charge >= 0.3 is 11.3 Å². The highest BCUT2D eigenvalue weighted by molar-refractivity contribution is 5.85. The number of hydrogen-bond donors (Lipinski definition) is 2. The Hall–Kier alpha value is -6.38. The molecule has 0 spiro atoms. The standard InChI is InChI=1S/C20H19N5O2.C19H17N5O2/c1-13-19-23-17(12-25(19)9-6-22-13)16-10-14-2-3-15(11-18(14)27-20(16)26)24-7-4-21-5-8-24;25-19-15(16-12-24-8-5-21-11-18(24)22-16)9-13-1-2-14(10-17(13)26-19)23-6-3-20-4-7-23/h2-3,6,9-12,21H,4-5,7-8H2,1H3;1-2,5,8-12,20H,3-4,6-7H2. The molecule has 10 rings (SSSR count). The molecule has 2 aliphatic heterocycles. The maximum Gasteiger partial charge on any atom is 0.345 e. The van der Waals surface area contributed by atoms with Crippen molar-refractivity contribution in [3.63, 3.8) is 0 Å². The van der Waals surface area contributed by atoms with Crippen molar-refractivity contribution in [3.8, 4) is 22.5 Å². The minimum absolute atomic E-state index is 0.381. The molecule has 2 saturated heterocycles. The summed E-state index contributed by atoms with van der Waals surface area (Å²) >= 11 is 0. The van der Waals surface area contributed by atoms with E-state index in [-0.39, 0.29) is 11.3 Å². The molecule has 2 N–H and O–H groups in total. The first-order valence-corrected chi connectivity index (χ1v) is 17.6. The number of fused-ring (bicyclic) bond motifs is 4. The highest BCUT2D eigenvalue weighted by atomic mass is 16.4. The lowest BCUT2D eigenvalue weighted by Crippen LogP contribution is -2.43. The summed E-state index contributed by atoms with van der Waals surface area (Å²) in [6, 6.07) is 15.7.